The highest BCUT2D eigenvalue weighted by Crippen LogP contribution is 2.12. The van der Waals surface area contributed by atoms with E-state index in [1.54, 1.807) is 0 Å². The molecule has 1 rings (SSSR count). The van der Waals surface area contributed by atoms with Gasteiger partial charge >= 0.3 is 6.01 Å². The quantitative estimate of drug-likeness (QED) is 0.603. The molecule has 1 aromatic heterocycles. The van der Waals surface area contributed by atoms with Crippen molar-refractivity contribution in [3.8, 4) is 6.01 Å². The zero-order valence-corrected chi connectivity index (χ0v) is 12.1. The molecule has 1 atom stereocenters. The Labute approximate surface area is 122 Å². The maximum absolute atomic E-state index is 12.2. The van der Waals surface area contributed by atoms with Gasteiger partial charge in [0.1, 0.15) is 6.10 Å². The zero-order valence-electron chi connectivity index (χ0n) is 12.1. The molecule has 21 heavy (non-hydrogen) atoms. The van der Waals surface area contributed by atoms with Crippen LogP contribution in [0.2, 0.25) is 0 Å². The van der Waals surface area contributed by atoms with Crippen molar-refractivity contribution in [3.05, 3.63) is 0 Å². The lowest BCUT2D eigenvalue weighted by molar-refractivity contribution is 0.00376. The highest BCUT2D eigenvalue weighted by molar-refractivity contribution is 5.35. The van der Waals surface area contributed by atoms with Crippen molar-refractivity contribution in [2.24, 2.45) is 0 Å². The first-order valence-corrected chi connectivity index (χ1v) is 6.89. The average molecular weight is 305 g/mol. The number of aliphatic hydroxyl groups excluding tert-OH is 1. The van der Waals surface area contributed by atoms with Crippen LogP contribution in [0.1, 0.15) is 26.7 Å². The number of aromatic nitrogens is 3. The third-order valence-electron chi connectivity index (χ3n) is 2.34. The molecule has 1 aromatic rings. The summed E-state index contributed by atoms with van der Waals surface area (Å²) in [7, 11) is 0. The Hall–Kier alpha value is -1.77. The minimum atomic E-state index is -2.83. The molecule has 0 aliphatic heterocycles. The van der Waals surface area contributed by atoms with Gasteiger partial charge in [0.15, 0.2) is 0 Å². The lowest BCUT2D eigenvalue weighted by atomic mass is 10.4. The molecule has 9 heteroatoms. The van der Waals surface area contributed by atoms with E-state index < -0.39 is 12.5 Å². The predicted molar refractivity (Wildman–Crippen MR) is 74.9 cm³/mol. The number of halogens is 2. The summed E-state index contributed by atoms with van der Waals surface area (Å²) in [6, 6.07) is 0.111. The van der Waals surface area contributed by atoms with E-state index in [1.165, 1.54) is 0 Å². The second-order valence-electron chi connectivity index (χ2n) is 4.32. The summed E-state index contributed by atoms with van der Waals surface area (Å²) in [5.74, 6) is 0.376. The fourth-order valence-corrected chi connectivity index (χ4v) is 1.29. The number of hydrogen-bond acceptors (Lipinski definition) is 7. The number of ether oxygens (including phenoxy) is 1. The van der Waals surface area contributed by atoms with Gasteiger partial charge in [-0.1, -0.05) is 13.8 Å². The highest BCUT2D eigenvalue weighted by Gasteiger charge is 2.17. The summed E-state index contributed by atoms with van der Waals surface area (Å²) in [6.07, 6.45) is -2.94. The molecule has 0 spiro atoms. The van der Waals surface area contributed by atoms with Crippen LogP contribution in [-0.4, -0.2) is 52.3 Å². The van der Waals surface area contributed by atoms with Crippen LogP contribution >= 0.6 is 0 Å². The molecule has 0 saturated heterocycles. The Morgan fingerprint density at radius 3 is 2.33 bits per heavy atom. The van der Waals surface area contributed by atoms with Crippen LogP contribution in [-0.2, 0) is 0 Å². The standard InChI is InChI=1S/C12H21F2N5O2/c1-3-5-15-10-17-11(16-7-8(20)9(13)14)19-12(18-10)21-6-4-2/h8-9,20H,3-7H2,1-2H3,(H2,15,16,17,18,19). The van der Waals surface area contributed by atoms with Crippen LogP contribution in [0.25, 0.3) is 0 Å². The van der Waals surface area contributed by atoms with Crippen LogP contribution < -0.4 is 15.4 Å². The van der Waals surface area contributed by atoms with E-state index in [2.05, 4.69) is 25.6 Å². The summed E-state index contributed by atoms with van der Waals surface area (Å²) >= 11 is 0. The number of aliphatic hydroxyl groups is 1. The molecular formula is C12H21F2N5O2. The van der Waals surface area contributed by atoms with E-state index in [9.17, 15) is 8.78 Å². The normalized spacial score (nSPS) is 12.3. The summed E-state index contributed by atoms with van der Waals surface area (Å²) in [5.41, 5.74) is 0. The van der Waals surface area contributed by atoms with Crippen LogP contribution in [0.3, 0.4) is 0 Å². The van der Waals surface area contributed by atoms with Gasteiger partial charge in [-0.3, -0.25) is 0 Å². The molecule has 0 bridgehead atoms. The van der Waals surface area contributed by atoms with Crippen molar-refractivity contribution in [1.29, 1.82) is 0 Å². The molecule has 0 saturated carbocycles. The number of rotatable bonds is 10. The molecule has 0 aliphatic carbocycles. The Morgan fingerprint density at radius 2 is 1.76 bits per heavy atom. The molecule has 0 amide bonds. The molecule has 1 heterocycles. The first-order valence-electron chi connectivity index (χ1n) is 6.89. The molecule has 7 nitrogen and oxygen atoms in total. The highest BCUT2D eigenvalue weighted by atomic mass is 19.3. The topological polar surface area (TPSA) is 92.2 Å². The van der Waals surface area contributed by atoms with Gasteiger partial charge in [0.25, 0.3) is 6.43 Å². The van der Waals surface area contributed by atoms with Gasteiger partial charge in [-0.2, -0.15) is 15.0 Å². The van der Waals surface area contributed by atoms with Gasteiger partial charge in [0.05, 0.1) is 6.61 Å². The minimum absolute atomic E-state index is 0.0782. The summed E-state index contributed by atoms with van der Waals surface area (Å²) in [4.78, 5) is 12.1. The lowest BCUT2D eigenvalue weighted by Crippen LogP contribution is -2.27. The fraction of sp³-hybridized carbons (Fsp3) is 0.750. The Balaban J connectivity index is 2.74. The maximum atomic E-state index is 12.2. The Bertz CT molecular complexity index is 396. The van der Waals surface area contributed by atoms with E-state index >= 15 is 0 Å². The monoisotopic (exact) mass is 305 g/mol. The molecule has 0 aromatic carbocycles. The van der Waals surface area contributed by atoms with E-state index in [0.717, 1.165) is 12.8 Å². The van der Waals surface area contributed by atoms with E-state index in [-0.39, 0.29) is 18.5 Å². The van der Waals surface area contributed by atoms with Crippen molar-refractivity contribution in [2.75, 3.05) is 30.3 Å². The number of hydrogen-bond donors (Lipinski definition) is 3. The summed E-state index contributed by atoms with van der Waals surface area (Å²) in [6.45, 7) is 4.67. The SMILES string of the molecule is CCCNc1nc(NCC(O)C(F)F)nc(OCCC)n1. The number of anilines is 2. The van der Waals surface area contributed by atoms with E-state index in [1.807, 2.05) is 13.8 Å². The van der Waals surface area contributed by atoms with Crippen molar-refractivity contribution >= 4 is 11.9 Å². The molecular weight excluding hydrogens is 284 g/mol. The average Bonchev–Trinajstić information content (AvgIpc) is 2.48. The molecule has 3 N–H and O–H groups in total. The number of alkyl halides is 2. The van der Waals surface area contributed by atoms with Crippen LogP contribution in [0.4, 0.5) is 20.7 Å². The van der Waals surface area contributed by atoms with Crippen molar-refractivity contribution in [3.63, 3.8) is 0 Å². The van der Waals surface area contributed by atoms with Gasteiger partial charge in [0.2, 0.25) is 11.9 Å². The molecule has 120 valence electrons. The van der Waals surface area contributed by atoms with Gasteiger partial charge in [-0.15, -0.1) is 0 Å². The van der Waals surface area contributed by atoms with Crippen molar-refractivity contribution < 1.29 is 18.6 Å². The zero-order chi connectivity index (χ0) is 15.7. The minimum Gasteiger partial charge on any atom is -0.463 e. The van der Waals surface area contributed by atoms with Crippen LogP contribution in [0, 0.1) is 0 Å². The number of nitrogens with one attached hydrogen (secondary N) is 2. The second kappa shape index (κ2) is 9.22. The maximum Gasteiger partial charge on any atom is 0.323 e. The Morgan fingerprint density at radius 1 is 1.10 bits per heavy atom. The molecule has 0 aliphatic rings. The molecule has 0 fully saturated rings. The lowest BCUT2D eigenvalue weighted by Gasteiger charge is -2.12. The van der Waals surface area contributed by atoms with Crippen LogP contribution in [0.15, 0.2) is 0 Å². The number of nitrogens with zero attached hydrogens (tertiary/aromatic N) is 3. The Kier molecular flexibility index (Phi) is 7.59. The second-order valence-corrected chi connectivity index (χ2v) is 4.32. The fourth-order valence-electron chi connectivity index (χ4n) is 1.29. The van der Waals surface area contributed by atoms with Gasteiger partial charge in [-0.05, 0) is 12.8 Å². The third kappa shape index (κ3) is 6.48. The van der Waals surface area contributed by atoms with E-state index in [0.29, 0.717) is 19.1 Å². The first-order chi connectivity index (χ1) is 10.1. The predicted octanol–water partition coefficient (Wildman–Crippen LogP) is 1.52. The first kappa shape index (κ1) is 17.3. The van der Waals surface area contributed by atoms with E-state index in [4.69, 9.17) is 9.84 Å². The van der Waals surface area contributed by atoms with Gasteiger partial charge in [0, 0.05) is 13.1 Å². The van der Waals surface area contributed by atoms with Crippen LogP contribution in [0.5, 0.6) is 6.01 Å². The third-order valence-corrected chi connectivity index (χ3v) is 2.34. The van der Waals surface area contributed by atoms with Gasteiger partial charge < -0.3 is 20.5 Å². The van der Waals surface area contributed by atoms with Crippen molar-refractivity contribution in [1.82, 2.24) is 15.0 Å². The largest absolute Gasteiger partial charge is 0.463 e. The van der Waals surface area contributed by atoms with Crippen molar-refractivity contribution in [2.45, 2.75) is 39.2 Å². The molecule has 1 unspecified atom stereocenters. The summed E-state index contributed by atoms with van der Waals surface area (Å²) in [5, 5.41) is 14.6. The molecule has 0 radical (unpaired) electrons. The smallest absolute Gasteiger partial charge is 0.323 e. The van der Waals surface area contributed by atoms with Gasteiger partial charge in [-0.25, -0.2) is 8.78 Å². The summed E-state index contributed by atoms with van der Waals surface area (Å²) < 4.78 is 29.8.